The van der Waals surface area contributed by atoms with Crippen molar-refractivity contribution in [1.82, 2.24) is 4.98 Å². The number of anilines is 1. The third-order valence-corrected chi connectivity index (χ3v) is 3.30. The molecule has 2 heterocycles. The number of piperidine rings is 1. The molecule has 1 aliphatic heterocycles. The van der Waals surface area contributed by atoms with Gasteiger partial charge in [0.1, 0.15) is 0 Å². The fourth-order valence-corrected chi connectivity index (χ4v) is 2.41. The van der Waals surface area contributed by atoms with Crippen molar-refractivity contribution in [2.45, 2.75) is 25.9 Å². The number of nitrogens with zero attached hydrogens (tertiary/aromatic N) is 3. The first-order valence-corrected chi connectivity index (χ1v) is 6.70. The molecule has 0 radical (unpaired) electrons. The van der Waals surface area contributed by atoms with Crippen LogP contribution in [0.25, 0.3) is 0 Å². The molecule has 110 valence electrons. The molecule has 0 unspecified atom stereocenters. The lowest BCUT2D eigenvalue weighted by Gasteiger charge is -2.33. The minimum absolute atomic E-state index is 0.0145. The molecule has 0 saturated carbocycles. The zero-order valence-electron chi connectivity index (χ0n) is 11.5. The molecule has 0 spiro atoms. The van der Waals surface area contributed by atoms with Crippen molar-refractivity contribution in [1.29, 1.82) is 0 Å². The Bertz CT molecular complexity index is 481. The maximum absolute atomic E-state index is 11.1. The van der Waals surface area contributed by atoms with Gasteiger partial charge in [-0.1, -0.05) is 0 Å². The quantitative estimate of drug-likeness (QED) is 0.646. The maximum Gasteiger partial charge on any atom is 0.311 e. The van der Waals surface area contributed by atoms with Crippen molar-refractivity contribution >= 4 is 11.5 Å². The van der Waals surface area contributed by atoms with Crippen molar-refractivity contribution in [3.05, 3.63) is 27.9 Å². The first-order chi connectivity index (χ1) is 9.61. The van der Waals surface area contributed by atoms with Gasteiger partial charge in [-0.25, -0.2) is 4.98 Å². The summed E-state index contributed by atoms with van der Waals surface area (Å²) in [4.78, 5) is 16.9. The Labute approximate surface area is 117 Å². The highest BCUT2D eigenvalue weighted by Gasteiger charge is 2.27. The van der Waals surface area contributed by atoms with Crippen molar-refractivity contribution in [2.75, 3.05) is 31.2 Å². The van der Waals surface area contributed by atoms with Crippen molar-refractivity contribution in [3.8, 4) is 0 Å². The average Bonchev–Trinajstić information content (AvgIpc) is 2.45. The fraction of sp³-hybridized carbons (Fsp3) is 0.615. The molecule has 1 saturated heterocycles. The van der Waals surface area contributed by atoms with Gasteiger partial charge in [0.25, 0.3) is 0 Å². The number of aryl methyl sites for hydroxylation is 1. The first-order valence-electron chi connectivity index (χ1n) is 6.70. The standard InChI is InChI=1S/C13H19N3O4/c1-10-7-12(16(18)19)13(14-8-10)15-4-2-3-11(9-15)20-6-5-17/h7-8,11,17H,2-6,9H2,1H3/t11-/m0/s1. The lowest BCUT2D eigenvalue weighted by Crippen LogP contribution is -2.40. The van der Waals surface area contributed by atoms with E-state index in [1.807, 2.05) is 4.90 Å². The highest BCUT2D eigenvalue weighted by atomic mass is 16.6. The number of pyridine rings is 1. The molecular weight excluding hydrogens is 262 g/mol. The predicted octanol–water partition coefficient (Wildman–Crippen LogP) is 1.28. The van der Waals surface area contributed by atoms with Crippen LogP contribution in [-0.2, 0) is 4.74 Å². The van der Waals surface area contributed by atoms with E-state index in [0.29, 0.717) is 19.0 Å². The molecule has 1 aromatic heterocycles. The van der Waals surface area contributed by atoms with Crippen LogP contribution >= 0.6 is 0 Å². The lowest BCUT2D eigenvalue weighted by molar-refractivity contribution is -0.384. The Hall–Kier alpha value is -1.73. The van der Waals surface area contributed by atoms with Gasteiger partial charge in [0.05, 0.1) is 24.2 Å². The molecule has 20 heavy (non-hydrogen) atoms. The van der Waals surface area contributed by atoms with E-state index < -0.39 is 4.92 Å². The Balaban J connectivity index is 2.16. The van der Waals surface area contributed by atoms with E-state index in [-0.39, 0.29) is 18.4 Å². The molecule has 7 heteroatoms. The summed E-state index contributed by atoms with van der Waals surface area (Å²) < 4.78 is 5.52. The van der Waals surface area contributed by atoms with E-state index in [2.05, 4.69) is 4.98 Å². The van der Waals surface area contributed by atoms with Gasteiger partial charge in [0.2, 0.25) is 5.82 Å². The van der Waals surface area contributed by atoms with Gasteiger partial charge in [-0.2, -0.15) is 0 Å². The Morgan fingerprint density at radius 1 is 1.65 bits per heavy atom. The van der Waals surface area contributed by atoms with E-state index >= 15 is 0 Å². The Morgan fingerprint density at radius 3 is 3.15 bits per heavy atom. The molecule has 1 atom stereocenters. The van der Waals surface area contributed by atoms with Crippen LogP contribution < -0.4 is 4.90 Å². The number of hydrogen-bond donors (Lipinski definition) is 1. The van der Waals surface area contributed by atoms with Gasteiger partial charge in [-0.05, 0) is 25.3 Å². The number of aromatic nitrogens is 1. The summed E-state index contributed by atoms with van der Waals surface area (Å²) in [5, 5.41) is 19.9. The normalized spacial score (nSPS) is 19.1. The summed E-state index contributed by atoms with van der Waals surface area (Å²) in [5.41, 5.74) is 0.804. The lowest BCUT2D eigenvalue weighted by atomic mass is 10.1. The van der Waals surface area contributed by atoms with Gasteiger partial charge in [-0.3, -0.25) is 10.1 Å². The third kappa shape index (κ3) is 3.43. The van der Waals surface area contributed by atoms with E-state index in [1.54, 1.807) is 19.2 Å². The van der Waals surface area contributed by atoms with Gasteiger partial charge < -0.3 is 14.7 Å². The number of hydrogen-bond acceptors (Lipinski definition) is 6. The van der Waals surface area contributed by atoms with Crippen LogP contribution in [-0.4, -0.2) is 47.4 Å². The number of ether oxygens (including phenoxy) is 1. The molecule has 1 aromatic rings. The highest BCUT2D eigenvalue weighted by Crippen LogP contribution is 2.29. The van der Waals surface area contributed by atoms with E-state index in [4.69, 9.17) is 9.84 Å². The highest BCUT2D eigenvalue weighted by molar-refractivity contribution is 5.58. The van der Waals surface area contributed by atoms with E-state index in [9.17, 15) is 10.1 Å². The van der Waals surface area contributed by atoms with Crippen molar-refractivity contribution in [3.63, 3.8) is 0 Å². The number of rotatable bonds is 5. The summed E-state index contributed by atoms with van der Waals surface area (Å²) in [6.07, 6.45) is 3.41. The third-order valence-electron chi connectivity index (χ3n) is 3.30. The van der Waals surface area contributed by atoms with Crippen molar-refractivity contribution < 1.29 is 14.8 Å². The summed E-state index contributed by atoms with van der Waals surface area (Å²) in [6, 6.07) is 1.54. The minimum atomic E-state index is -0.395. The summed E-state index contributed by atoms with van der Waals surface area (Å²) in [6.45, 7) is 3.36. The second-order valence-electron chi connectivity index (χ2n) is 4.92. The number of aliphatic hydroxyl groups is 1. The number of aliphatic hydroxyl groups excluding tert-OH is 1. The Morgan fingerprint density at radius 2 is 2.45 bits per heavy atom. The van der Waals surface area contributed by atoms with Gasteiger partial charge in [0, 0.05) is 25.4 Å². The summed E-state index contributed by atoms with van der Waals surface area (Å²) >= 11 is 0. The Kier molecular flexibility index (Phi) is 4.86. The molecular formula is C13H19N3O4. The van der Waals surface area contributed by atoms with E-state index in [1.165, 1.54) is 0 Å². The van der Waals surface area contributed by atoms with Crippen LogP contribution in [0.15, 0.2) is 12.3 Å². The van der Waals surface area contributed by atoms with Crippen molar-refractivity contribution in [2.24, 2.45) is 0 Å². The molecule has 1 fully saturated rings. The second-order valence-corrected chi connectivity index (χ2v) is 4.92. The molecule has 2 rings (SSSR count). The first kappa shape index (κ1) is 14.7. The molecule has 7 nitrogen and oxygen atoms in total. The molecule has 0 bridgehead atoms. The predicted molar refractivity (Wildman–Crippen MR) is 73.9 cm³/mol. The van der Waals surface area contributed by atoms with Crippen LogP contribution in [0.5, 0.6) is 0 Å². The molecule has 1 N–H and O–H groups in total. The van der Waals surface area contributed by atoms with Crippen LogP contribution in [0.3, 0.4) is 0 Å². The average molecular weight is 281 g/mol. The zero-order chi connectivity index (χ0) is 14.5. The fourth-order valence-electron chi connectivity index (χ4n) is 2.41. The monoisotopic (exact) mass is 281 g/mol. The van der Waals surface area contributed by atoms with Crippen LogP contribution in [0, 0.1) is 17.0 Å². The maximum atomic E-state index is 11.1. The van der Waals surface area contributed by atoms with Crippen LogP contribution in [0.4, 0.5) is 11.5 Å². The molecule has 0 aliphatic carbocycles. The number of nitro groups is 1. The smallest absolute Gasteiger partial charge is 0.311 e. The van der Waals surface area contributed by atoms with Gasteiger partial charge in [0.15, 0.2) is 0 Å². The molecule has 0 aromatic carbocycles. The van der Waals surface area contributed by atoms with Gasteiger partial charge >= 0.3 is 5.69 Å². The van der Waals surface area contributed by atoms with Gasteiger partial charge in [-0.15, -0.1) is 0 Å². The summed E-state index contributed by atoms with van der Waals surface area (Å²) in [5.74, 6) is 0.401. The largest absolute Gasteiger partial charge is 0.394 e. The minimum Gasteiger partial charge on any atom is -0.394 e. The zero-order valence-corrected chi connectivity index (χ0v) is 11.5. The van der Waals surface area contributed by atoms with Crippen LogP contribution in [0.1, 0.15) is 18.4 Å². The topological polar surface area (TPSA) is 88.7 Å². The second kappa shape index (κ2) is 6.62. The summed E-state index contributed by atoms with van der Waals surface area (Å²) in [7, 11) is 0. The SMILES string of the molecule is Cc1cnc(N2CCC[C@H](OCCO)C2)c([N+](=O)[O-])c1. The molecule has 1 aliphatic rings. The van der Waals surface area contributed by atoms with Crippen LogP contribution in [0.2, 0.25) is 0 Å². The molecule has 0 amide bonds. The van der Waals surface area contributed by atoms with E-state index in [0.717, 1.165) is 24.9 Å².